The molecule has 1 heterocycles. The van der Waals surface area contributed by atoms with Crippen LogP contribution in [0.15, 0.2) is 0 Å². The first-order chi connectivity index (χ1) is 8.73. The monoisotopic (exact) mass is 301 g/mol. The van der Waals surface area contributed by atoms with Crippen molar-refractivity contribution < 1.29 is 26.3 Å². The number of nitrogens with one attached hydrogen (secondary N) is 1. The third-order valence-electron chi connectivity index (χ3n) is 4.13. The molecule has 0 radical (unpaired) electrons. The van der Waals surface area contributed by atoms with Crippen molar-refractivity contribution in [3.8, 4) is 0 Å². The van der Waals surface area contributed by atoms with Crippen LogP contribution in [0.3, 0.4) is 0 Å². The summed E-state index contributed by atoms with van der Waals surface area (Å²) in [7, 11) is -3.86. The number of halogens is 3. The van der Waals surface area contributed by atoms with E-state index in [1.807, 2.05) is 0 Å². The van der Waals surface area contributed by atoms with Crippen LogP contribution in [0.2, 0.25) is 0 Å². The van der Waals surface area contributed by atoms with Gasteiger partial charge in [0.1, 0.15) is 0 Å². The topological polar surface area (TPSA) is 55.4 Å². The van der Waals surface area contributed by atoms with E-state index in [9.17, 15) is 21.6 Å². The van der Waals surface area contributed by atoms with Gasteiger partial charge in [0.15, 0.2) is 0 Å². The second-order valence-corrected chi connectivity index (χ2v) is 7.24. The van der Waals surface area contributed by atoms with Crippen LogP contribution in [0, 0.1) is 5.41 Å². The minimum Gasteiger partial charge on any atom is -0.381 e. The smallest absolute Gasteiger partial charge is 0.381 e. The van der Waals surface area contributed by atoms with Crippen LogP contribution in [0.5, 0.6) is 0 Å². The van der Waals surface area contributed by atoms with Crippen LogP contribution in [0.4, 0.5) is 13.2 Å². The third kappa shape index (κ3) is 3.82. The van der Waals surface area contributed by atoms with E-state index in [4.69, 9.17) is 4.74 Å². The van der Waals surface area contributed by atoms with Gasteiger partial charge in [0.05, 0.1) is 12.2 Å². The van der Waals surface area contributed by atoms with E-state index in [0.29, 0.717) is 19.6 Å². The zero-order valence-corrected chi connectivity index (χ0v) is 11.3. The van der Waals surface area contributed by atoms with Crippen molar-refractivity contribution in [1.29, 1.82) is 0 Å². The predicted octanol–water partition coefficient (Wildman–Crippen LogP) is 1.82. The summed E-state index contributed by atoms with van der Waals surface area (Å²) in [5, 5.41) is 0. The Hall–Kier alpha value is -0.340. The van der Waals surface area contributed by atoms with E-state index in [2.05, 4.69) is 4.72 Å². The van der Waals surface area contributed by atoms with Gasteiger partial charge < -0.3 is 4.74 Å². The second kappa shape index (κ2) is 5.21. The van der Waals surface area contributed by atoms with E-state index >= 15 is 0 Å². The molecule has 1 aliphatic heterocycles. The Morgan fingerprint density at radius 2 is 1.84 bits per heavy atom. The van der Waals surface area contributed by atoms with Crippen molar-refractivity contribution in [3.05, 3.63) is 0 Å². The molecule has 0 aromatic carbocycles. The Morgan fingerprint density at radius 1 is 1.21 bits per heavy atom. The van der Waals surface area contributed by atoms with Gasteiger partial charge in [0, 0.05) is 19.3 Å². The van der Waals surface area contributed by atoms with Gasteiger partial charge in [-0.05, 0) is 31.1 Å². The van der Waals surface area contributed by atoms with Gasteiger partial charge in [-0.2, -0.15) is 13.2 Å². The number of ether oxygens (including phenoxy) is 1. The fraction of sp³-hybridized carbons (Fsp3) is 1.00. The molecular formula is C11H18F3NO3S. The zero-order chi connectivity index (χ0) is 14.1. The van der Waals surface area contributed by atoms with Gasteiger partial charge >= 0.3 is 6.18 Å². The van der Waals surface area contributed by atoms with Crippen LogP contribution in [-0.4, -0.2) is 39.6 Å². The van der Waals surface area contributed by atoms with E-state index in [1.54, 1.807) is 0 Å². The Kier molecular flexibility index (Phi) is 4.13. The number of hydrogen-bond donors (Lipinski definition) is 1. The van der Waals surface area contributed by atoms with Gasteiger partial charge in [-0.3, -0.25) is 0 Å². The molecule has 1 spiro atoms. The van der Waals surface area contributed by atoms with Gasteiger partial charge in [-0.25, -0.2) is 13.1 Å². The molecule has 1 saturated heterocycles. The molecule has 1 saturated carbocycles. The number of alkyl halides is 3. The van der Waals surface area contributed by atoms with Gasteiger partial charge in [0.2, 0.25) is 10.0 Å². The minimum absolute atomic E-state index is 0.0937. The van der Waals surface area contributed by atoms with Crippen molar-refractivity contribution >= 4 is 10.0 Å². The molecule has 4 nitrogen and oxygen atoms in total. The highest BCUT2D eigenvalue weighted by Gasteiger charge is 2.48. The summed E-state index contributed by atoms with van der Waals surface area (Å²) < 4.78 is 67.2. The Labute approximate surface area is 110 Å². The Balaban J connectivity index is 1.90. The van der Waals surface area contributed by atoms with Crippen LogP contribution < -0.4 is 4.72 Å². The highest BCUT2D eigenvalue weighted by atomic mass is 32.2. The first kappa shape index (κ1) is 15.1. The van der Waals surface area contributed by atoms with Crippen molar-refractivity contribution in [1.82, 2.24) is 4.72 Å². The molecule has 0 aromatic heterocycles. The van der Waals surface area contributed by atoms with Gasteiger partial charge in [-0.15, -0.1) is 0 Å². The van der Waals surface area contributed by atoms with Crippen molar-refractivity contribution in [2.24, 2.45) is 5.41 Å². The molecule has 0 aromatic rings. The molecule has 0 amide bonds. The second-order valence-electron chi connectivity index (χ2n) is 5.37. The van der Waals surface area contributed by atoms with Gasteiger partial charge in [-0.1, -0.05) is 0 Å². The summed E-state index contributed by atoms with van der Waals surface area (Å²) >= 11 is 0. The van der Waals surface area contributed by atoms with E-state index in [0.717, 1.165) is 19.3 Å². The molecule has 112 valence electrons. The maximum Gasteiger partial charge on any atom is 0.390 e. The minimum atomic E-state index is -4.44. The quantitative estimate of drug-likeness (QED) is 0.861. The lowest BCUT2D eigenvalue weighted by atomic mass is 9.60. The SMILES string of the molecule is O=S(=O)(CCC(F)(F)F)NC1CCC12CCOCC2. The molecule has 1 N–H and O–H groups in total. The van der Waals surface area contributed by atoms with Crippen molar-refractivity contribution in [2.75, 3.05) is 19.0 Å². The standard InChI is InChI=1S/C11H18F3NO3S/c12-11(13,14)5-8-19(16,17)15-9-1-2-10(9)3-6-18-7-4-10/h9,15H,1-8H2. The fourth-order valence-corrected chi connectivity index (χ4v) is 4.20. The lowest BCUT2D eigenvalue weighted by Gasteiger charge is -2.51. The maximum absolute atomic E-state index is 12.1. The highest BCUT2D eigenvalue weighted by molar-refractivity contribution is 7.89. The summed E-state index contributed by atoms with van der Waals surface area (Å²) in [5.41, 5.74) is -0.0937. The highest BCUT2D eigenvalue weighted by Crippen LogP contribution is 2.49. The molecule has 2 fully saturated rings. The van der Waals surface area contributed by atoms with Crippen LogP contribution in [-0.2, 0) is 14.8 Å². The van der Waals surface area contributed by atoms with E-state index in [-0.39, 0.29) is 11.5 Å². The van der Waals surface area contributed by atoms with Gasteiger partial charge in [0.25, 0.3) is 0 Å². The summed E-state index contributed by atoms with van der Waals surface area (Å²) in [4.78, 5) is 0. The molecule has 2 aliphatic rings. The summed E-state index contributed by atoms with van der Waals surface area (Å²) in [6, 6.07) is -0.227. The van der Waals surface area contributed by atoms with Crippen LogP contribution >= 0.6 is 0 Å². The van der Waals surface area contributed by atoms with Crippen LogP contribution in [0.25, 0.3) is 0 Å². The maximum atomic E-state index is 12.1. The number of hydrogen-bond acceptors (Lipinski definition) is 3. The molecule has 1 atom stereocenters. The molecule has 2 rings (SSSR count). The number of rotatable bonds is 4. The molecule has 0 bridgehead atoms. The molecular weight excluding hydrogens is 283 g/mol. The molecule has 1 unspecified atom stereocenters. The first-order valence-electron chi connectivity index (χ1n) is 6.37. The lowest BCUT2D eigenvalue weighted by molar-refractivity contribution is -0.130. The predicted molar refractivity (Wildman–Crippen MR) is 63.1 cm³/mol. The van der Waals surface area contributed by atoms with Crippen molar-refractivity contribution in [3.63, 3.8) is 0 Å². The largest absolute Gasteiger partial charge is 0.390 e. The first-order valence-corrected chi connectivity index (χ1v) is 8.02. The summed E-state index contributed by atoms with van der Waals surface area (Å²) in [6.07, 6.45) is -2.57. The summed E-state index contributed by atoms with van der Waals surface area (Å²) in [5.74, 6) is -0.889. The number of sulfonamides is 1. The van der Waals surface area contributed by atoms with Crippen LogP contribution in [0.1, 0.15) is 32.1 Å². The fourth-order valence-electron chi connectivity index (χ4n) is 2.78. The Morgan fingerprint density at radius 3 is 2.32 bits per heavy atom. The summed E-state index contributed by atoms with van der Waals surface area (Å²) in [6.45, 7) is 1.20. The van der Waals surface area contributed by atoms with E-state index < -0.39 is 28.4 Å². The lowest BCUT2D eigenvalue weighted by Crippen LogP contribution is -2.57. The molecule has 8 heteroatoms. The zero-order valence-electron chi connectivity index (χ0n) is 10.5. The van der Waals surface area contributed by atoms with E-state index in [1.165, 1.54) is 0 Å². The van der Waals surface area contributed by atoms with Crippen molar-refractivity contribution in [2.45, 2.75) is 44.3 Å². The molecule has 1 aliphatic carbocycles. The third-order valence-corrected chi connectivity index (χ3v) is 5.52. The average Bonchev–Trinajstić information content (AvgIpc) is 2.33. The molecule has 19 heavy (non-hydrogen) atoms. The average molecular weight is 301 g/mol. The Bertz CT molecular complexity index is 415. The normalized spacial score (nSPS) is 27.2.